The van der Waals surface area contributed by atoms with Gasteiger partial charge in [-0.15, -0.1) is 24.8 Å². The Bertz CT molecular complexity index is 1200. The molecule has 36 heavy (non-hydrogen) atoms. The first-order valence-electron chi connectivity index (χ1n) is 11.5. The van der Waals surface area contributed by atoms with Crippen molar-refractivity contribution in [3.8, 4) is 28.4 Å². The van der Waals surface area contributed by atoms with Crippen molar-refractivity contribution < 1.29 is 23.7 Å². The van der Waals surface area contributed by atoms with Gasteiger partial charge in [-0.1, -0.05) is 6.07 Å². The number of nitrogens with zero attached hydrogens (tertiary/aromatic N) is 2. The number of piperazine rings is 1. The van der Waals surface area contributed by atoms with Crippen LogP contribution in [-0.2, 0) is 0 Å². The van der Waals surface area contributed by atoms with E-state index in [-0.39, 0.29) is 36.8 Å². The second-order valence-electron chi connectivity index (χ2n) is 8.35. The van der Waals surface area contributed by atoms with Crippen molar-refractivity contribution in [1.29, 1.82) is 0 Å². The highest BCUT2D eigenvalue weighted by Crippen LogP contribution is 2.33. The minimum Gasteiger partial charge on any atom is -0.493 e. The van der Waals surface area contributed by atoms with Crippen LogP contribution in [0.15, 0.2) is 45.6 Å². The summed E-state index contributed by atoms with van der Waals surface area (Å²) < 4.78 is 22.7. The monoisotopic (exact) mass is 540 g/mol. The van der Waals surface area contributed by atoms with E-state index in [9.17, 15) is 4.79 Å². The fraction of sp³-hybridized carbons (Fsp3) is 0.423. The number of aliphatic hydroxyl groups is 1. The largest absolute Gasteiger partial charge is 0.493 e. The van der Waals surface area contributed by atoms with Gasteiger partial charge in [-0.25, -0.2) is 0 Å². The van der Waals surface area contributed by atoms with Crippen molar-refractivity contribution in [2.75, 3.05) is 66.7 Å². The number of rotatable bonds is 9. The third-order valence-corrected chi connectivity index (χ3v) is 6.27. The zero-order chi connectivity index (χ0) is 24.1. The molecule has 0 atom stereocenters. The molecular formula is C26H34Cl2N2O6. The second kappa shape index (κ2) is 13.7. The Morgan fingerprint density at radius 1 is 0.917 bits per heavy atom. The maximum atomic E-state index is 13.3. The number of benzene rings is 2. The highest BCUT2D eigenvalue weighted by molar-refractivity contribution is 5.86. The summed E-state index contributed by atoms with van der Waals surface area (Å²) in [5.74, 6) is 2.36. The molecule has 0 amide bonds. The molecule has 3 aromatic rings. The van der Waals surface area contributed by atoms with Crippen LogP contribution in [0.25, 0.3) is 22.1 Å². The van der Waals surface area contributed by atoms with E-state index in [1.807, 2.05) is 12.1 Å². The molecule has 0 radical (unpaired) electrons. The van der Waals surface area contributed by atoms with Gasteiger partial charge in [-0.3, -0.25) is 14.6 Å². The molecule has 1 aliphatic heterocycles. The van der Waals surface area contributed by atoms with Gasteiger partial charge in [-0.05, 0) is 36.8 Å². The zero-order valence-electron chi connectivity index (χ0n) is 20.8. The van der Waals surface area contributed by atoms with Crippen LogP contribution in [0.3, 0.4) is 0 Å². The molecule has 2 heterocycles. The third kappa shape index (κ3) is 6.63. The Labute approximate surface area is 223 Å². The van der Waals surface area contributed by atoms with E-state index in [4.69, 9.17) is 23.7 Å². The number of hydrogen-bond acceptors (Lipinski definition) is 8. The lowest BCUT2D eigenvalue weighted by atomic mass is 10.0. The Balaban J connectivity index is 0.00000228. The van der Waals surface area contributed by atoms with Crippen molar-refractivity contribution in [2.45, 2.75) is 6.92 Å². The number of β-amino-alcohol motifs (C(OH)–C–C–N with tert-alkyl or cyclic N) is 1. The SMILES string of the molecule is COc1ccc(-c2c(C)oc3cc(OCCN4CCN(CCO)CC4)ccc3c2=O)cc1OC.Cl.Cl. The van der Waals surface area contributed by atoms with Crippen molar-refractivity contribution in [3.05, 3.63) is 52.4 Å². The van der Waals surface area contributed by atoms with Gasteiger partial charge in [0.05, 0.1) is 31.8 Å². The van der Waals surface area contributed by atoms with Crippen molar-refractivity contribution in [2.24, 2.45) is 0 Å². The maximum Gasteiger partial charge on any atom is 0.200 e. The van der Waals surface area contributed by atoms with Crippen molar-refractivity contribution in [3.63, 3.8) is 0 Å². The Morgan fingerprint density at radius 3 is 2.22 bits per heavy atom. The van der Waals surface area contributed by atoms with Crippen LogP contribution in [0, 0.1) is 6.92 Å². The molecule has 1 aliphatic rings. The van der Waals surface area contributed by atoms with E-state index in [1.54, 1.807) is 45.4 Å². The first kappa shape index (κ1) is 29.7. The summed E-state index contributed by atoms with van der Waals surface area (Å²) in [6.45, 7) is 7.96. The van der Waals surface area contributed by atoms with Crippen LogP contribution in [0.5, 0.6) is 17.2 Å². The lowest BCUT2D eigenvalue weighted by molar-refractivity contribution is 0.102. The van der Waals surface area contributed by atoms with Gasteiger partial charge in [0.1, 0.15) is 23.7 Å². The van der Waals surface area contributed by atoms with Crippen LogP contribution in [-0.4, -0.2) is 81.6 Å². The second-order valence-corrected chi connectivity index (χ2v) is 8.35. The average molecular weight is 541 g/mol. The van der Waals surface area contributed by atoms with Crippen LogP contribution in [0.4, 0.5) is 0 Å². The summed E-state index contributed by atoms with van der Waals surface area (Å²) in [4.78, 5) is 17.9. The number of halogens is 2. The molecular weight excluding hydrogens is 507 g/mol. The Kier molecular flexibility index (Phi) is 11.3. The lowest BCUT2D eigenvalue weighted by Crippen LogP contribution is -2.48. The predicted molar refractivity (Wildman–Crippen MR) is 146 cm³/mol. The Morgan fingerprint density at radius 2 is 1.58 bits per heavy atom. The maximum absolute atomic E-state index is 13.3. The molecule has 0 unspecified atom stereocenters. The highest BCUT2D eigenvalue weighted by atomic mass is 35.5. The van der Waals surface area contributed by atoms with E-state index >= 15 is 0 Å². The minimum absolute atomic E-state index is 0. The number of hydrogen-bond donors (Lipinski definition) is 1. The van der Waals surface area contributed by atoms with Gasteiger partial charge in [0, 0.05) is 45.3 Å². The number of aryl methyl sites for hydroxylation is 1. The van der Waals surface area contributed by atoms with E-state index in [2.05, 4.69) is 9.80 Å². The minimum atomic E-state index is -0.0988. The Hall–Kier alpha value is -2.49. The summed E-state index contributed by atoms with van der Waals surface area (Å²) in [5, 5.41) is 9.57. The predicted octanol–water partition coefficient (Wildman–Crippen LogP) is 3.62. The standard InChI is InChI=1S/C26H32N2O6.2ClH/c1-18-25(19-4-7-22(31-2)24(16-19)32-3)26(30)21-6-5-20(17-23(21)34-18)33-15-13-28-10-8-27(9-11-28)12-14-29;;/h4-7,16-17,29H,8-15H2,1-3H3;2*1H. The van der Waals surface area contributed by atoms with E-state index in [0.717, 1.165) is 39.3 Å². The fourth-order valence-corrected chi connectivity index (χ4v) is 4.37. The average Bonchev–Trinajstić information content (AvgIpc) is 2.85. The van der Waals surface area contributed by atoms with Crippen LogP contribution < -0.4 is 19.6 Å². The van der Waals surface area contributed by atoms with Crippen LogP contribution in [0.2, 0.25) is 0 Å². The third-order valence-electron chi connectivity index (χ3n) is 6.27. The lowest BCUT2D eigenvalue weighted by Gasteiger charge is -2.34. The van der Waals surface area contributed by atoms with Crippen molar-refractivity contribution >= 4 is 35.8 Å². The molecule has 0 bridgehead atoms. The molecule has 0 aliphatic carbocycles. The van der Waals surface area contributed by atoms with Crippen LogP contribution >= 0.6 is 24.8 Å². The number of aliphatic hydroxyl groups excluding tert-OH is 1. The molecule has 10 heteroatoms. The first-order valence-corrected chi connectivity index (χ1v) is 11.5. The number of methoxy groups -OCH3 is 2. The van der Waals surface area contributed by atoms with E-state index < -0.39 is 0 Å². The molecule has 0 spiro atoms. The topological polar surface area (TPSA) is 84.6 Å². The van der Waals surface area contributed by atoms with Gasteiger partial charge < -0.3 is 23.7 Å². The molecule has 198 valence electrons. The van der Waals surface area contributed by atoms with Gasteiger partial charge in [0.25, 0.3) is 0 Å². The zero-order valence-corrected chi connectivity index (χ0v) is 22.5. The summed E-state index contributed by atoms with van der Waals surface area (Å²) in [6, 6.07) is 10.7. The smallest absolute Gasteiger partial charge is 0.200 e. The normalized spacial score (nSPS) is 14.1. The van der Waals surface area contributed by atoms with Crippen LogP contribution in [0.1, 0.15) is 5.76 Å². The van der Waals surface area contributed by atoms with E-state index in [0.29, 0.717) is 51.7 Å². The van der Waals surface area contributed by atoms with Gasteiger partial charge in [0.15, 0.2) is 11.5 Å². The molecule has 8 nitrogen and oxygen atoms in total. The molecule has 0 saturated carbocycles. The van der Waals surface area contributed by atoms with Crippen molar-refractivity contribution in [1.82, 2.24) is 9.80 Å². The summed E-state index contributed by atoms with van der Waals surface area (Å²) in [6.07, 6.45) is 0. The first-order chi connectivity index (χ1) is 16.5. The molecule has 1 N–H and O–H groups in total. The fourth-order valence-electron chi connectivity index (χ4n) is 4.37. The molecule has 2 aromatic carbocycles. The molecule has 1 saturated heterocycles. The molecule has 1 aromatic heterocycles. The summed E-state index contributed by atoms with van der Waals surface area (Å²) >= 11 is 0. The van der Waals surface area contributed by atoms with Gasteiger partial charge in [0.2, 0.25) is 5.43 Å². The summed E-state index contributed by atoms with van der Waals surface area (Å²) in [7, 11) is 3.14. The number of fused-ring (bicyclic) bond motifs is 1. The molecule has 4 rings (SSSR count). The quantitative estimate of drug-likeness (QED) is 0.440. The van der Waals surface area contributed by atoms with E-state index in [1.165, 1.54) is 0 Å². The number of ether oxygens (including phenoxy) is 3. The molecule has 1 fully saturated rings. The van der Waals surface area contributed by atoms with Gasteiger partial charge in [-0.2, -0.15) is 0 Å². The van der Waals surface area contributed by atoms with Gasteiger partial charge >= 0.3 is 0 Å². The highest BCUT2D eigenvalue weighted by Gasteiger charge is 2.18. The summed E-state index contributed by atoms with van der Waals surface area (Å²) in [5.41, 5.74) is 1.62.